The van der Waals surface area contributed by atoms with E-state index in [2.05, 4.69) is 15.6 Å². The number of esters is 1. The van der Waals surface area contributed by atoms with E-state index >= 15 is 0 Å². The molecule has 2 N–H and O–H groups in total. The molecule has 3 amide bonds. The molecule has 2 rings (SSSR count). The minimum Gasteiger partial charge on any atom is -0.449 e. The van der Waals surface area contributed by atoms with Crippen molar-refractivity contribution >= 4 is 45.8 Å². The largest absolute Gasteiger partial charge is 0.449 e. The summed E-state index contributed by atoms with van der Waals surface area (Å²) < 4.78 is 6.20. The van der Waals surface area contributed by atoms with Crippen molar-refractivity contribution in [3.05, 3.63) is 35.4 Å². The van der Waals surface area contributed by atoms with Gasteiger partial charge in [0.2, 0.25) is 0 Å². The van der Waals surface area contributed by atoms with Gasteiger partial charge in [-0.15, -0.1) is 0 Å². The topological polar surface area (TPSA) is 96.9 Å². The first-order chi connectivity index (χ1) is 12.0. The Hall–Kier alpha value is -2.00. The van der Waals surface area contributed by atoms with E-state index in [1.807, 2.05) is 12.1 Å². The Kier molecular flexibility index (Phi) is 7.32. The number of aliphatic imine (C=N–C) groups is 1. The van der Waals surface area contributed by atoms with Gasteiger partial charge < -0.3 is 10.1 Å². The number of thioether (sulfide) groups is 2. The van der Waals surface area contributed by atoms with Gasteiger partial charge in [-0.05, 0) is 18.6 Å². The van der Waals surface area contributed by atoms with Crippen LogP contribution in [0.25, 0.3) is 0 Å². The summed E-state index contributed by atoms with van der Waals surface area (Å²) in [5, 5.41) is 4.34. The molecule has 1 aliphatic rings. The van der Waals surface area contributed by atoms with E-state index in [1.165, 1.54) is 14.0 Å². The molecule has 0 aromatic heterocycles. The second kappa shape index (κ2) is 9.47. The van der Waals surface area contributed by atoms with Gasteiger partial charge in [-0.1, -0.05) is 41.7 Å². The fraction of sp³-hybridized carbons (Fsp3) is 0.375. The summed E-state index contributed by atoms with van der Waals surface area (Å²) in [5.74, 6) is 0.299. The number of nitrogens with zero attached hydrogens (tertiary/aromatic N) is 1. The van der Waals surface area contributed by atoms with Gasteiger partial charge in [-0.3, -0.25) is 15.1 Å². The first-order valence-electron chi connectivity index (χ1n) is 7.62. The van der Waals surface area contributed by atoms with Crippen LogP contribution >= 0.6 is 23.5 Å². The van der Waals surface area contributed by atoms with Crippen molar-refractivity contribution in [3.8, 4) is 0 Å². The standard InChI is InChI=1S/C16H19N3O4S2/c1-10(13(20)19-15(22)17-2)23-14(21)12-6-4-3-5-11(12)9-25-16-18-7-8-24-16/h3-6,10H,7-9H2,1-2H3,(H2,17,19,20,22)/t10-/m0/s1. The number of urea groups is 1. The highest BCUT2D eigenvalue weighted by Gasteiger charge is 2.22. The van der Waals surface area contributed by atoms with E-state index in [9.17, 15) is 14.4 Å². The Labute approximate surface area is 154 Å². The molecule has 0 bridgehead atoms. The molecule has 0 spiro atoms. The van der Waals surface area contributed by atoms with Crippen molar-refractivity contribution in [1.29, 1.82) is 0 Å². The summed E-state index contributed by atoms with van der Waals surface area (Å²) in [4.78, 5) is 39.7. The molecular formula is C16H19N3O4S2. The van der Waals surface area contributed by atoms with Crippen molar-refractivity contribution in [1.82, 2.24) is 10.6 Å². The smallest absolute Gasteiger partial charge is 0.339 e. The van der Waals surface area contributed by atoms with Crippen LogP contribution in [-0.4, -0.2) is 47.7 Å². The number of hydrogen-bond acceptors (Lipinski definition) is 7. The van der Waals surface area contributed by atoms with E-state index in [0.29, 0.717) is 11.3 Å². The lowest BCUT2D eigenvalue weighted by Gasteiger charge is -2.14. The van der Waals surface area contributed by atoms with Crippen molar-refractivity contribution in [2.45, 2.75) is 18.8 Å². The highest BCUT2D eigenvalue weighted by Crippen LogP contribution is 2.26. The Morgan fingerprint density at radius 1 is 1.36 bits per heavy atom. The van der Waals surface area contributed by atoms with Gasteiger partial charge in [0, 0.05) is 18.6 Å². The fourth-order valence-electron chi connectivity index (χ4n) is 1.94. The van der Waals surface area contributed by atoms with Crippen LogP contribution in [-0.2, 0) is 15.3 Å². The maximum absolute atomic E-state index is 12.4. The first-order valence-corrected chi connectivity index (χ1v) is 9.60. The molecule has 1 atom stereocenters. The molecule has 0 fully saturated rings. The Morgan fingerprint density at radius 2 is 2.12 bits per heavy atom. The maximum Gasteiger partial charge on any atom is 0.339 e. The number of carbonyl (C=O) groups is 3. The van der Waals surface area contributed by atoms with E-state index < -0.39 is 24.0 Å². The molecule has 0 aliphatic carbocycles. The normalized spacial score (nSPS) is 14.4. The molecule has 1 aliphatic heterocycles. The SMILES string of the molecule is CNC(=O)NC(=O)[C@H](C)OC(=O)c1ccccc1CSC1=NCCS1. The van der Waals surface area contributed by atoms with Gasteiger partial charge in [0.05, 0.1) is 12.1 Å². The number of imide groups is 1. The summed E-state index contributed by atoms with van der Waals surface area (Å²) >= 11 is 3.28. The van der Waals surface area contributed by atoms with Crippen molar-refractivity contribution < 1.29 is 19.1 Å². The minimum absolute atomic E-state index is 0.401. The van der Waals surface area contributed by atoms with E-state index in [4.69, 9.17) is 4.74 Å². The van der Waals surface area contributed by atoms with Crippen molar-refractivity contribution in [3.63, 3.8) is 0 Å². The third-order valence-electron chi connectivity index (χ3n) is 3.26. The van der Waals surface area contributed by atoms with Crippen LogP contribution in [0.1, 0.15) is 22.8 Å². The second-order valence-corrected chi connectivity index (χ2v) is 7.36. The summed E-state index contributed by atoms with van der Waals surface area (Å²) in [6.45, 7) is 2.24. The van der Waals surface area contributed by atoms with E-state index in [0.717, 1.165) is 22.2 Å². The molecule has 0 saturated heterocycles. The van der Waals surface area contributed by atoms with Crippen molar-refractivity contribution in [2.75, 3.05) is 19.3 Å². The number of benzene rings is 1. The van der Waals surface area contributed by atoms with Crippen LogP contribution in [0.15, 0.2) is 29.3 Å². The zero-order chi connectivity index (χ0) is 18.2. The molecule has 1 aromatic carbocycles. The van der Waals surface area contributed by atoms with Gasteiger partial charge in [0.15, 0.2) is 6.10 Å². The van der Waals surface area contributed by atoms with Crippen LogP contribution in [0.2, 0.25) is 0 Å². The Balaban J connectivity index is 1.98. The van der Waals surface area contributed by atoms with Gasteiger partial charge >= 0.3 is 12.0 Å². The predicted molar refractivity (Wildman–Crippen MR) is 100.0 cm³/mol. The monoisotopic (exact) mass is 381 g/mol. The third kappa shape index (κ3) is 5.79. The van der Waals surface area contributed by atoms with Crippen LogP contribution in [0.3, 0.4) is 0 Å². The highest BCUT2D eigenvalue weighted by molar-refractivity contribution is 8.38. The lowest BCUT2D eigenvalue weighted by atomic mass is 10.1. The lowest BCUT2D eigenvalue weighted by molar-refractivity contribution is -0.127. The van der Waals surface area contributed by atoms with Gasteiger partial charge in [-0.2, -0.15) is 0 Å². The summed E-state index contributed by atoms with van der Waals surface area (Å²) in [7, 11) is 1.39. The van der Waals surface area contributed by atoms with Gasteiger partial charge in [-0.25, -0.2) is 9.59 Å². The molecule has 1 heterocycles. The number of amides is 3. The molecule has 134 valence electrons. The number of rotatable bonds is 5. The quantitative estimate of drug-likeness (QED) is 0.758. The molecule has 9 heteroatoms. The summed E-state index contributed by atoms with van der Waals surface area (Å²) in [6.07, 6.45) is -1.08. The fourth-order valence-corrected chi connectivity index (χ4v) is 3.95. The molecule has 1 aromatic rings. The van der Waals surface area contributed by atoms with Crippen LogP contribution in [0.4, 0.5) is 4.79 Å². The highest BCUT2D eigenvalue weighted by atomic mass is 32.2. The molecule has 0 saturated carbocycles. The predicted octanol–water partition coefficient (Wildman–Crippen LogP) is 2.02. The maximum atomic E-state index is 12.4. The summed E-state index contributed by atoms with van der Waals surface area (Å²) in [5.41, 5.74) is 1.21. The molecule has 0 radical (unpaired) electrons. The number of ether oxygens (including phenoxy) is 1. The first kappa shape index (κ1) is 19.3. The zero-order valence-corrected chi connectivity index (χ0v) is 15.5. The van der Waals surface area contributed by atoms with Crippen LogP contribution < -0.4 is 10.6 Å². The molecule has 7 nitrogen and oxygen atoms in total. The molecule has 0 unspecified atom stereocenters. The minimum atomic E-state index is -1.08. The lowest BCUT2D eigenvalue weighted by Crippen LogP contribution is -2.43. The number of nitrogens with one attached hydrogen (secondary N) is 2. The second-order valence-electron chi connectivity index (χ2n) is 5.06. The average Bonchev–Trinajstić information content (AvgIpc) is 3.13. The Morgan fingerprint density at radius 3 is 2.80 bits per heavy atom. The molecule has 25 heavy (non-hydrogen) atoms. The van der Waals surface area contributed by atoms with E-state index in [-0.39, 0.29) is 0 Å². The van der Waals surface area contributed by atoms with Crippen LogP contribution in [0, 0.1) is 0 Å². The average molecular weight is 381 g/mol. The van der Waals surface area contributed by atoms with Crippen LogP contribution in [0.5, 0.6) is 0 Å². The molecular weight excluding hydrogens is 362 g/mol. The Bertz CT molecular complexity index is 694. The zero-order valence-electron chi connectivity index (χ0n) is 13.9. The third-order valence-corrected chi connectivity index (χ3v) is 5.56. The summed E-state index contributed by atoms with van der Waals surface area (Å²) in [6, 6.07) is 6.43. The van der Waals surface area contributed by atoms with Gasteiger partial charge in [0.1, 0.15) is 4.38 Å². The van der Waals surface area contributed by atoms with E-state index in [1.54, 1.807) is 35.7 Å². The number of carbonyl (C=O) groups excluding carboxylic acids is 3. The van der Waals surface area contributed by atoms with Crippen molar-refractivity contribution in [2.24, 2.45) is 4.99 Å². The van der Waals surface area contributed by atoms with Gasteiger partial charge in [0.25, 0.3) is 5.91 Å². The number of hydrogen-bond donors (Lipinski definition) is 2.